The van der Waals surface area contributed by atoms with E-state index in [1.807, 2.05) is 6.07 Å². The molecule has 9 heteroatoms. The number of hydrogen-bond donors (Lipinski definition) is 0. The molecule has 0 spiro atoms. The molecule has 0 saturated carbocycles. The molecule has 4 heterocycles. The standard InChI is InChI=1S/C19H19FN6O2/c20-16-12-25(19-23-4-1-5-24-19)6-2-15(16)18(27)26-17(3-7-28-26)14-8-13(9-21)10-22-11-14/h1,4-5,8,10-11,15-17H,2-3,6-7,12H2/t15-,16-,17+/m1/s1. The molecule has 2 aliphatic heterocycles. The number of nitrogens with zero attached hydrogens (tertiary/aromatic N) is 6. The minimum absolute atomic E-state index is 0.0599. The summed E-state index contributed by atoms with van der Waals surface area (Å²) in [5, 5.41) is 10.3. The number of anilines is 1. The molecule has 2 saturated heterocycles. The van der Waals surface area contributed by atoms with Gasteiger partial charge in [-0.05, 0) is 24.1 Å². The molecule has 0 unspecified atom stereocenters. The normalized spacial score (nSPS) is 24.8. The van der Waals surface area contributed by atoms with E-state index in [4.69, 9.17) is 10.1 Å². The van der Waals surface area contributed by atoms with Crippen LogP contribution in [0, 0.1) is 17.2 Å². The molecule has 1 amide bonds. The molecule has 0 aliphatic carbocycles. The van der Waals surface area contributed by atoms with Crippen molar-refractivity contribution in [3.63, 3.8) is 0 Å². The zero-order valence-electron chi connectivity index (χ0n) is 15.1. The Kier molecular flexibility index (Phi) is 5.12. The molecule has 2 aromatic heterocycles. The third-order valence-electron chi connectivity index (χ3n) is 5.09. The minimum Gasteiger partial charge on any atom is -0.338 e. The first-order chi connectivity index (χ1) is 13.7. The van der Waals surface area contributed by atoms with Gasteiger partial charge in [-0.15, -0.1) is 0 Å². The molecular formula is C19H19FN6O2. The quantitative estimate of drug-likeness (QED) is 0.799. The lowest BCUT2D eigenvalue weighted by atomic mass is 9.93. The van der Waals surface area contributed by atoms with Crippen LogP contribution in [0.25, 0.3) is 0 Å². The zero-order chi connectivity index (χ0) is 19.5. The Bertz CT molecular complexity index is 889. The van der Waals surface area contributed by atoms with Crippen molar-refractivity contribution in [1.29, 1.82) is 5.26 Å². The Morgan fingerprint density at radius 1 is 1.29 bits per heavy atom. The number of carbonyl (C=O) groups excluding carboxylic acids is 1. The molecule has 2 aliphatic rings. The number of aromatic nitrogens is 3. The number of amides is 1. The maximum absolute atomic E-state index is 14.9. The maximum atomic E-state index is 14.9. The summed E-state index contributed by atoms with van der Waals surface area (Å²) in [6.45, 7) is 0.913. The van der Waals surface area contributed by atoms with Crippen LogP contribution >= 0.6 is 0 Å². The van der Waals surface area contributed by atoms with Crippen molar-refractivity contribution in [2.75, 3.05) is 24.6 Å². The fourth-order valence-electron chi connectivity index (χ4n) is 3.67. The number of pyridine rings is 1. The molecule has 2 fully saturated rings. The van der Waals surface area contributed by atoms with E-state index < -0.39 is 12.1 Å². The molecule has 0 aromatic carbocycles. The SMILES string of the molecule is N#Cc1cncc([C@@H]2CCON2C(=O)[C@@H]2CCN(c3ncccn3)C[C@H]2F)c1. The van der Waals surface area contributed by atoms with E-state index in [0.717, 1.165) is 5.56 Å². The molecule has 4 rings (SSSR count). The van der Waals surface area contributed by atoms with Crippen molar-refractivity contribution in [1.82, 2.24) is 20.0 Å². The highest BCUT2D eigenvalue weighted by Gasteiger charge is 2.42. The minimum atomic E-state index is -1.35. The Labute approximate surface area is 161 Å². The summed E-state index contributed by atoms with van der Waals surface area (Å²) in [5.74, 6) is -0.690. The van der Waals surface area contributed by atoms with Crippen LogP contribution in [0.5, 0.6) is 0 Å². The molecular weight excluding hydrogens is 363 g/mol. The fraction of sp³-hybridized carbons (Fsp3) is 0.421. The van der Waals surface area contributed by atoms with Gasteiger partial charge in [-0.1, -0.05) is 0 Å². The first-order valence-electron chi connectivity index (χ1n) is 9.14. The lowest BCUT2D eigenvalue weighted by Gasteiger charge is -2.36. The number of hydroxylamine groups is 2. The van der Waals surface area contributed by atoms with Crippen molar-refractivity contribution in [3.05, 3.63) is 48.0 Å². The van der Waals surface area contributed by atoms with Crippen LogP contribution in [0.3, 0.4) is 0 Å². The van der Waals surface area contributed by atoms with Gasteiger partial charge in [0.25, 0.3) is 5.91 Å². The summed E-state index contributed by atoms with van der Waals surface area (Å²) in [6, 6.07) is 5.07. The zero-order valence-corrected chi connectivity index (χ0v) is 15.1. The molecule has 0 N–H and O–H groups in total. The predicted molar refractivity (Wildman–Crippen MR) is 96.4 cm³/mol. The lowest BCUT2D eigenvalue weighted by Crippen LogP contribution is -2.49. The number of nitriles is 1. The van der Waals surface area contributed by atoms with Crippen molar-refractivity contribution in [2.24, 2.45) is 5.92 Å². The second kappa shape index (κ2) is 7.86. The van der Waals surface area contributed by atoms with Gasteiger partial charge in [0, 0.05) is 37.8 Å². The van der Waals surface area contributed by atoms with Gasteiger partial charge in [0.2, 0.25) is 5.95 Å². The van der Waals surface area contributed by atoms with Crippen LogP contribution in [0.1, 0.15) is 30.0 Å². The second-order valence-electron chi connectivity index (χ2n) is 6.83. The topological polar surface area (TPSA) is 95.2 Å². The lowest BCUT2D eigenvalue weighted by molar-refractivity contribution is -0.184. The number of piperidine rings is 1. The van der Waals surface area contributed by atoms with Gasteiger partial charge >= 0.3 is 0 Å². The van der Waals surface area contributed by atoms with Gasteiger partial charge in [-0.25, -0.2) is 19.4 Å². The van der Waals surface area contributed by atoms with E-state index in [2.05, 4.69) is 15.0 Å². The van der Waals surface area contributed by atoms with E-state index in [-0.39, 0.29) is 18.5 Å². The van der Waals surface area contributed by atoms with E-state index in [1.165, 1.54) is 11.3 Å². The van der Waals surface area contributed by atoms with Gasteiger partial charge in [0.1, 0.15) is 12.2 Å². The molecule has 0 radical (unpaired) electrons. The molecule has 8 nitrogen and oxygen atoms in total. The summed E-state index contributed by atoms with van der Waals surface area (Å²) in [4.78, 5) is 32.6. The highest BCUT2D eigenvalue weighted by atomic mass is 19.1. The van der Waals surface area contributed by atoms with Crippen molar-refractivity contribution < 1.29 is 14.0 Å². The van der Waals surface area contributed by atoms with Crippen LogP contribution in [-0.2, 0) is 9.63 Å². The molecule has 2 aromatic rings. The Balaban J connectivity index is 1.47. The van der Waals surface area contributed by atoms with Crippen LogP contribution in [0.15, 0.2) is 36.9 Å². The average Bonchev–Trinajstić information content (AvgIpc) is 3.24. The van der Waals surface area contributed by atoms with E-state index in [0.29, 0.717) is 37.5 Å². The van der Waals surface area contributed by atoms with E-state index >= 15 is 0 Å². The van der Waals surface area contributed by atoms with Crippen LogP contribution in [0.4, 0.5) is 10.3 Å². The molecule has 0 bridgehead atoms. The van der Waals surface area contributed by atoms with Crippen molar-refractivity contribution >= 4 is 11.9 Å². The maximum Gasteiger partial charge on any atom is 0.252 e. The van der Waals surface area contributed by atoms with Crippen molar-refractivity contribution in [2.45, 2.75) is 25.1 Å². The summed E-state index contributed by atoms with van der Waals surface area (Å²) in [5.41, 5.74) is 1.13. The molecule has 3 atom stereocenters. The van der Waals surface area contributed by atoms with Gasteiger partial charge in [-0.2, -0.15) is 5.26 Å². The molecule has 144 valence electrons. The smallest absolute Gasteiger partial charge is 0.252 e. The van der Waals surface area contributed by atoms with Gasteiger partial charge in [0.15, 0.2) is 0 Å². The third kappa shape index (κ3) is 3.51. The third-order valence-corrected chi connectivity index (χ3v) is 5.09. The Hall–Kier alpha value is -3.12. The predicted octanol–water partition coefficient (Wildman–Crippen LogP) is 1.81. The highest BCUT2D eigenvalue weighted by molar-refractivity contribution is 5.79. The van der Waals surface area contributed by atoms with Gasteiger partial charge in [0.05, 0.1) is 30.7 Å². The van der Waals surface area contributed by atoms with Crippen LogP contribution in [-0.4, -0.2) is 51.8 Å². The van der Waals surface area contributed by atoms with Crippen LogP contribution in [0.2, 0.25) is 0 Å². The fourth-order valence-corrected chi connectivity index (χ4v) is 3.67. The Morgan fingerprint density at radius 3 is 2.86 bits per heavy atom. The average molecular weight is 382 g/mol. The Morgan fingerprint density at radius 2 is 2.11 bits per heavy atom. The second-order valence-corrected chi connectivity index (χ2v) is 6.83. The summed E-state index contributed by atoms with van der Waals surface area (Å²) < 4.78 is 14.9. The summed E-state index contributed by atoms with van der Waals surface area (Å²) >= 11 is 0. The summed E-state index contributed by atoms with van der Waals surface area (Å²) in [6.07, 6.45) is 5.88. The first kappa shape index (κ1) is 18.3. The van der Waals surface area contributed by atoms with Crippen LogP contribution < -0.4 is 4.90 Å². The van der Waals surface area contributed by atoms with Gasteiger partial charge in [-0.3, -0.25) is 14.6 Å². The van der Waals surface area contributed by atoms with E-state index in [9.17, 15) is 9.18 Å². The molecule has 28 heavy (non-hydrogen) atoms. The van der Waals surface area contributed by atoms with Crippen molar-refractivity contribution in [3.8, 4) is 6.07 Å². The number of alkyl halides is 1. The first-order valence-corrected chi connectivity index (χ1v) is 9.14. The number of hydrogen-bond acceptors (Lipinski definition) is 7. The number of rotatable bonds is 3. The van der Waals surface area contributed by atoms with E-state index in [1.54, 1.807) is 35.6 Å². The van der Waals surface area contributed by atoms with Gasteiger partial charge < -0.3 is 4.90 Å². The number of halogens is 1. The number of carbonyl (C=O) groups is 1. The summed E-state index contributed by atoms with van der Waals surface area (Å²) in [7, 11) is 0. The largest absolute Gasteiger partial charge is 0.338 e. The highest BCUT2D eigenvalue weighted by Crippen LogP contribution is 2.34. The monoisotopic (exact) mass is 382 g/mol.